The molecule has 19 heavy (non-hydrogen) atoms. The van der Waals surface area contributed by atoms with E-state index >= 15 is 0 Å². The molecule has 1 unspecified atom stereocenters. The Morgan fingerprint density at radius 3 is 2.79 bits per heavy atom. The molecule has 1 heterocycles. The van der Waals surface area contributed by atoms with Crippen molar-refractivity contribution >= 4 is 11.0 Å². The Morgan fingerprint density at radius 1 is 1.37 bits per heavy atom. The molecule has 0 saturated heterocycles. The number of benzene rings is 1. The lowest BCUT2D eigenvalue weighted by molar-refractivity contribution is 0.524. The van der Waals surface area contributed by atoms with Gasteiger partial charge in [-0.25, -0.2) is 0 Å². The molecular weight excluding hydrogens is 234 g/mol. The molecule has 0 aliphatic heterocycles. The molecule has 0 amide bonds. The second kappa shape index (κ2) is 5.01. The van der Waals surface area contributed by atoms with E-state index in [2.05, 4.69) is 37.4 Å². The molecule has 1 aliphatic rings. The summed E-state index contributed by atoms with van der Waals surface area (Å²) in [5.41, 5.74) is 3.96. The van der Waals surface area contributed by atoms with Crippen LogP contribution in [-0.4, -0.2) is 7.05 Å². The lowest BCUT2D eigenvalue weighted by atomic mass is 9.95. The molecule has 0 radical (unpaired) electrons. The SMILES string of the molecule is CCC(C)c1ccc2oc(CNC)c(C3CC3)c2c1. The normalized spacial score (nSPS) is 17.0. The van der Waals surface area contributed by atoms with Crippen LogP contribution in [0.5, 0.6) is 0 Å². The van der Waals surface area contributed by atoms with E-state index in [-0.39, 0.29) is 0 Å². The summed E-state index contributed by atoms with van der Waals surface area (Å²) in [6, 6.07) is 6.74. The minimum atomic E-state index is 0.624. The second-order valence-electron chi connectivity index (χ2n) is 5.81. The van der Waals surface area contributed by atoms with Crippen molar-refractivity contribution in [1.29, 1.82) is 0 Å². The van der Waals surface area contributed by atoms with Crippen molar-refractivity contribution in [3.63, 3.8) is 0 Å². The highest BCUT2D eigenvalue weighted by Gasteiger charge is 2.30. The van der Waals surface area contributed by atoms with Gasteiger partial charge in [0.05, 0.1) is 6.54 Å². The van der Waals surface area contributed by atoms with Crippen molar-refractivity contribution in [2.24, 2.45) is 0 Å². The average Bonchev–Trinajstić information content (AvgIpc) is 3.19. The van der Waals surface area contributed by atoms with E-state index < -0.39 is 0 Å². The first-order valence-electron chi connectivity index (χ1n) is 7.44. The standard InChI is InChI=1S/C17H23NO/c1-4-11(2)13-7-8-15-14(9-13)17(12-5-6-12)16(19-15)10-18-3/h7-9,11-12,18H,4-6,10H2,1-3H3. The van der Waals surface area contributed by atoms with Crippen LogP contribution in [0.4, 0.5) is 0 Å². The van der Waals surface area contributed by atoms with E-state index in [0.717, 1.165) is 23.8 Å². The van der Waals surface area contributed by atoms with Crippen LogP contribution in [0, 0.1) is 0 Å². The van der Waals surface area contributed by atoms with Gasteiger partial charge in [0.2, 0.25) is 0 Å². The lowest BCUT2D eigenvalue weighted by Crippen LogP contribution is -2.05. The zero-order chi connectivity index (χ0) is 13.4. The van der Waals surface area contributed by atoms with E-state index in [9.17, 15) is 0 Å². The van der Waals surface area contributed by atoms with Crippen LogP contribution in [-0.2, 0) is 6.54 Å². The predicted octanol–water partition coefficient (Wildman–Crippen LogP) is 4.54. The maximum absolute atomic E-state index is 6.05. The lowest BCUT2D eigenvalue weighted by Gasteiger charge is -2.08. The number of hydrogen-bond donors (Lipinski definition) is 1. The molecule has 0 spiro atoms. The van der Waals surface area contributed by atoms with Crippen LogP contribution < -0.4 is 5.32 Å². The van der Waals surface area contributed by atoms with Crippen LogP contribution in [0.25, 0.3) is 11.0 Å². The van der Waals surface area contributed by atoms with Crippen molar-refractivity contribution in [3.8, 4) is 0 Å². The van der Waals surface area contributed by atoms with Crippen molar-refractivity contribution in [2.75, 3.05) is 7.05 Å². The Kier molecular flexibility index (Phi) is 3.36. The molecule has 0 bridgehead atoms. The maximum Gasteiger partial charge on any atom is 0.134 e. The number of fused-ring (bicyclic) bond motifs is 1. The molecule has 1 atom stereocenters. The number of furan rings is 1. The van der Waals surface area contributed by atoms with E-state index in [1.54, 1.807) is 0 Å². The van der Waals surface area contributed by atoms with E-state index in [0.29, 0.717) is 5.92 Å². The molecule has 1 saturated carbocycles. The van der Waals surface area contributed by atoms with E-state index in [1.807, 2.05) is 7.05 Å². The van der Waals surface area contributed by atoms with Gasteiger partial charge in [-0.2, -0.15) is 0 Å². The van der Waals surface area contributed by atoms with Crippen molar-refractivity contribution in [3.05, 3.63) is 35.1 Å². The summed E-state index contributed by atoms with van der Waals surface area (Å²) in [6.07, 6.45) is 3.82. The summed E-state index contributed by atoms with van der Waals surface area (Å²) in [6.45, 7) is 5.38. The van der Waals surface area contributed by atoms with Gasteiger partial charge in [0.1, 0.15) is 11.3 Å². The van der Waals surface area contributed by atoms with E-state index in [1.165, 1.54) is 35.8 Å². The van der Waals surface area contributed by atoms with Gasteiger partial charge >= 0.3 is 0 Å². The van der Waals surface area contributed by atoms with E-state index in [4.69, 9.17) is 4.42 Å². The molecule has 1 aromatic heterocycles. The highest BCUT2D eigenvalue weighted by molar-refractivity contribution is 5.84. The van der Waals surface area contributed by atoms with Gasteiger partial charge in [-0.1, -0.05) is 19.9 Å². The Balaban J connectivity index is 2.11. The van der Waals surface area contributed by atoms with Gasteiger partial charge < -0.3 is 9.73 Å². The fourth-order valence-electron chi connectivity index (χ4n) is 2.84. The molecule has 1 fully saturated rings. The third kappa shape index (κ3) is 2.30. The molecular formula is C17H23NO. The van der Waals surface area contributed by atoms with Gasteiger partial charge in [0.15, 0.2) is 0 Å². The molecule has 102 valence electrons. The van der Waals surface area contributed by atoms with Gasteiger partial charge in [-0.15, -0.1) is 0 Å². The third-order valence-electron chi connectivity index (χ3n) is 4.33. The van der Waals surface area contributed by atoms with Gasteiger partial charge in [0.25, 0.3) is 0 Å². The van der Waals surface area contributed by atoms with Crippen LogP contribution in [0.15, 0.2) is 22.6 Å². The highest BCUT2D eigenvalue weighted by Crippen LogP contribution is 2.46. The summed E-state index contributed by atoms with van der Waals surface area (Å²) < 4.78 is 6.05. The largest absolute Gasteiger partial charge is 0.459 e. The first-order valence-corrected chi connectivity index (χ1v) is 7.44. The first-order chi connectivity index (χ1) is 9.24. The number of rotatable bonds is 5. The van der Waals surface area contributed by atoms with Crippen molar-refractivity contribution in [2.45, 2.75) is 51.5 Å². The fraction of sp³-hybridized carbons (Fsp3) is 0.529. The quantitative estimate of drug-likeness (QED) is 0.850. The molecule has 1 N–H and O–H groups in total. The van der Waals surface area contributed by atoms with Crippen molar-refractivity contribution < 1.29 is 4.42 Å². The van der Waals surface area contributed by atoms with Crippen LogP contribution in [0.2, 0.25) is 0 Å². The second-order valence-corrected chi connectivity index (χ2v) is 5.81. The zero-order valence-corrected chi connectivity index (χ0v) is 12.1. The average molecular weight is 257 g/mol. The predicted molar refractivity (Wildman–Crippen MR) is 79.7 cm³/mol. The molecule has 1 aromatic carbocycles. The van der Waals surface area contributed by atoms with Crippen molar-refractivity contribution in [1.82, 2.24) is 5.32 Å². The smallest absolute Gasteiger partial charge is 0.134 e. The minimum Gasteiger partial charge on any atom is -0.459 e. The maximum atomic E-state index is 6.05. The fourth-order valence-corrected chi connectivity index (χ4v) is 2.84. The summed E-state index contributed by atoms with van der Waals surface area (Å²) in [5, 5.41) is 4.58. The summed E-state index contributed by atoms with van der Waals surface area (Å²) >= 11 is 0. The van der Waals surface area contributed by atoms with Crippen LogP contribution >= 0.6 is 0 Å². The van der Waals surface area contributed by atoms with Crippen LogP contribution in [0.3, 0.4) is 0 Å². The topological polar surface area (TPSA) is 25.2 Å². The minimum absolute atomic E-state index is 0.624. The summed E-state index contributed by atoms with van der Waals surface area (Å²) in [4.78, 5) is 0. The molecule has 1 aliphatic carbocycles. The van der Waals surface area contributed by atoms with Gasteiger partial charge in [-0.05, 0) is 55.8 Å². The number of hydrogen-bond acceptors (Lipinski definition) is 2. The molecule has 2 nitrogen and oxygen atoms in total. The number of nitrogens with one attached hydrogen (secondary N) is 1. The first kappa shape index (κ1) is 12.7. The van der Waals surface area contributed by atoms with Gasteiger partial charge in [0, 0.05) is 10.9 Å². The molecule has 2 heteroatoms. The van der Waals surface area contributed by atoms with Gasteiger partial charge in [-0.3, -0.25) is 0 Å². The Hall–Kier alpha value is -1.28. The molecule has 2 aromatic rings. The Labute approximate surface area is 115 Å². The molecule has 3 rings (SSSR count). The van der Waals surface area contributed by atoms with Crippen LogP contribution in [0.1, 0.15) is 61.8 Å². The Morgan fingerprint density at radius 2 is 2.16 bits per heavy atom. The third-order valence-corrected chi connectivity index (χ3v) is 4.33. The highest BCUT2D eigenvalue weighted by atomic mass is 16.3. The monoisotopic (exact) mass is 257 g/mol. The zero-order valence-electron chi connectivity index (χ0n) is 12.1. The summed E-state index contributed by atoms with van der Waals surface area (Å²) in [7, 11) is 1.98. The summed E-state index contributed by atoms with van der Waals surface area (Å²) in [5.74, 6) is 2.50. The Bertz CT molecular complexity index is 580.